The summed E-state index contributed by atoms with van der Waals surface area (Å²) in [6.45, 7) is 18.4. The molecule has 1 unspecified atom stereocenters. The van der Waals surface area contributed by atoms with Crippen LogP contribution >= 0.6 is 0 Å². The van der Waals surface area contributed by atoms with E-state index in [2.05, 4.69) is 523 Å². The molecule has 0 saturated carbocycles. The highest BCUT2D eigenvalue weighted by atomic mass is 15.0. The molecule has 0 spiro atoms. The molecule has 0 N–H and O–H groups in total. The van der Waals surface area contributed by atoms with E-state index >= 15 is 0 Å². The average Bonchev–Trinajstić information content (AvgIpc) is 1.53. The third-order valence-corrected chi connectivity index (χ3v) is 29.9. The highest BCUT2D eigenvalue weighted by molar-refractivity contribution is 6.12. The molecule has 0 saturated heterocycles. The molecule has 19 aromatic rings. The fourth-order valence-corrected chi connectivity index (χ4v) is 22.9. The minimum absolute atomic E-state index is 0.0755. The highest BCUT2D eigenvalue weighted by Gasteiger charge is 2.49. The van der Waals surface area contributed by atoms with Crippen LogP contribution in [0, 0.1) is 0 Å². The minimum Gasteiger partial charge on any atom is -0.309 e. The van der Waals surface area contributed by atoms with Crippen molar-refractivity contribution in [2.45, 2.75) is 75.0 Å². The van der Waals surface area contributed by atoms with E-state index < -0.39 is 10.8 Å². The van der Waals surface area contributed by atoms with E-state index in [0.717, 1.165) is 70.5 Å². The summed E-state index contributed by atoms with van der Waals surface area (Å²) >= 11 is 0. The van der Waals surface area contributed by atoms with Gasteiger partial charge in [0.1, 0.15) is 0 Å². The Morgan fingerprint density at radius 3 is 0.919 bits per heavy atom. The quantitative estimate of drug-likeness (QED) is 0.0906. The summed E-state index contributed by atoms with van der Waals surface area (Å²) in [7, 11) is 0. The van der Waals surface area contributed by atoms with Crippen LogP contribution in [0.2, 0.25) is 0 Å². The van der Waals surface area contributed by atoms with Gasteiger partial charge in [0.15, 0.2) is 0 Å². The van der Waals surface area contributed by atoms with Crippen LogP contribution in [0.25, 0.3) is 168 Å². The van der Waals surface area contributed by atoms with Gasteiger partial charge in [-0.25, -0.2) is 0 Å². The van der Waals surface area contributed by atoms with Crippen molar-refractivity contribution in [1.82, 2.24) is 9.13 Å². The Morgan fingerprint density at radius 1 is 0.243 bits per heavy atom. The summed E-state index contributed by atoms with van der Waals surface area (Å²) in [5.41, 5.74) is 44.5. The maximum absolute atomic E-state index is 4.49. The molecule has 0 fully saturated rings. The van der Waals surface area contributed by atoms with Crippen molar-refractivity contribution in [3.05, 3.63) is 551 Å². The third-order valence-electron chi connectivity index (χ3n) is 29.9. The smallest absolute Gasteiger partial charge is 0.0713 e. The van der Waals surface area contributed by atoms with E-state index in [1.807, 2.05) is 0 Å². The van der Waals surface area contributed by atoms with E-state index in [-0.39, 0.29) is 10.8 Å². The predicted octanol–water partition coefficient (Wildman–Crippen LogP) is 35.1. The van der Waals surface area contributed by atoms with Gasteiger partial charge in [0.05, 0.1) is 32.9 Å². The Labute approximate surface area is 798 Å². The number of allylic oxidation sites excluding steroid dienone is 14. The van der Waals surface area contributed by atoms with Crippen LogP contribution in [0.15, 0.2) is 468 Å². The first-order valence-electron chi connectivity index (χ1n) is 48.0. The van der Waals surface area contributed by atoms with Gasteiger partial charge >= 0.3 is 0 Å². The van der Waals surface area contributed by atoms with Crippen molar-refractivity contribution in [3.63, 3.8) is 0 Å². The molecule has 2 heteroatoms. The molecular formula is C134H102N2. The van der Waals surface area contributed by atoms with Crippen LogP contribution in [-0.2, 0) is 21.7 Å². The number of aromatic nitrogens is 2. The maximum atomic E-state index is 4.49. The van der Waals surface area contributed by atoms with E-state index in [1.54, 1.807) is 0 Å². The Morgan fingerprint density at radius 2 is 0.551 bits per heavy atom. The van der Waals surface area contributed by atoms with Gasteiger partial charge in [-0.15, -0.1) is 0 Å². The van der Waals surface area contributed by atoms with Gasteiger partial charge in [0.25, 0.3) is 0 Å². The summed E-state index contributed by atoms with van der Waals surface area (Å²) in [4.78, 5) is 0. The summed E-state index contributed by atoms with van der Waals surface area (Å²) in [5.74, 6) is 0. The zero-order chi connectivity index (χ0) is 91.4. The molecule has 24 rings (SSSR count). The molecule has 0 aliphatic heterocycles. The van der Waals surface area contributed by atoms with Crippen LogP contribution in [0.3, 0.4) is 0 Å². The first kappa shape index (κ1) is 82.9. The summed E-state index contributed by atoms with van der Waals surface area (Å²) in [6, 6.07) is 145. The van der Waals surface area contributed by atoms with Crippen molar-refractivity contribution in [1.29, 1.82) is 0 Å². The Balaban J connectivity index is 0.508. The van der Waals surface area contributed by atoms with Crippen molar-refractivity contribution in [2.24, 2.45) is 0 Å². The van der Waals surface area contributed by atoms with E-state index in [9.17, 15) is 0 Å². The SMILES string of the molecule is C=C1/C=C\C=C/CC(C)(C)c2cc(-n3c4ccccc4c4cc(-c5ccc(/C=C/c6ccc(-c7ccc8c(c7)C(C7=CCCC=C7)(c7ccccc7)c7cc(-c9ccc%10c(c9)C(c9ccccc9)(c9ccccc9)c9cc(-c%11ccc(/C=C/c%12ccc(-c%13ccc%14c(c%13)c%13ccccc%13n%14-c%13ccc%14c(c%13)C(C)(C)C/C=C\C=C/C%14=C)cc%12)cc%11)ccc9-%10)ccc7-8)cc6)cc5)ccc43)ccc21. The molecule has 2 nitrogen and oxygen atoms in total. The second-order valence-electron chi connectivity index (χ2n) is 38.9. The molecule has 17 aromatic carbocycles. The van der Waals surface area contributed by atoms with Gasteiger partial charge in [0, 0.05) is 32.9 Å². The van der Waals surface area contributed by atoms with Gasteiger partial charge in [-0.1, -0.05) is 429 Å². The van der Waals surface area contributed by atoms with Gasteiger partial charge in [-0.3, -0.25) is 0 Å². The molecule has 648 valence electrons. The van der Waals surface area contributed by atoms with Crippen LogP contribution in [-0.4, -0.2) is 9.13 Å². The van der Waals surface area contributed by atoms with Gasteiger partial charge in [-0.2, -0.15) is 0 Å². The molecule has 1 atom stereocenters. The normalized spacial score (nSPS) is 17.0. The zero-order valence-electron chi connectivity index (χ0n) is 77.2. The van der Waals surface area contributed by atoms with Crippen LogP contribution in [0.1, 0.15) is 137 Å². The van der Waals surface area contributed by atoms with Crippen molar-refractivity contribution >= 4 is 79.1 Å². The Kier molecular flexibility index (Phi) is 20.4. The summed E-state index contributed by atoms with van der Waals surface area (Å²) in [6.07, 6.45) is 37.5. The number of fused-ring (bicyclic) bond motifs is 14. The summed E-state index contributed by atoms with van der Waals surface area (Å²) < 4.78 is 4.88. The number of rotatable bonds is 15. The first-order chi connectivity index (χ1) is 66.7. The highest BCUT2D eigenvalue weighted by Crippen LogP contribution is 2.61. The second-order valence-corrected chi connectivity index (χ2v) is 38.9. The largest absolute Gasteiger partial charge is 0.309 e. The molecule has 2 heterocycles. The number of hydrogen-bond acceptors (Lipinski definition) is 0. The van der Waals surface area contributed by atoms with Crippen molar-refractivity contribution in [3.8, 4) is 89.3 Å². The van der Waals surface area contributed by atoms with Crippen molar-refractivity contribution in [2.75, 3.05) is 0 Å². The van der Waals surface area contributed by atoms with Crippen molar-refractivity contribution < 1.29 is 0 Å². The van der Waals surface area contributed by atoms with E-state index in [0.29, 0.717) is 0 Å². The van der Waals surface area contributed by atoms with Crippen LogP contribution in [0.5, 0.6) is 0 Å². The molecule has 5 aliphatic rings. The van der Waals surface area contributed by atoms with E-state index in [4.69, 9.17) is 0 Å². The molecular weight excluding hydrogens is 1640 g/mol. The molecule has 136 heavy (non-hydrogen) atoms. The molecule has 0 amide bonds. The van der Waals surface area contributed by atoms with E-state index in [1.165, 1.54) is 188 Å². The lowest BCUT2D eigenvalue weighted by molar-refractivity contribution is 0.532. The lowest BCUT2D eigenvalue weighted by atomic mass is 9.65. The monoisotopic (exact) mass is 1740 g/mol. The zero-order valence-corrected chi connectivity index (χ0v) is 77.2. The molecule has 5 aliphatic carbocycles. The van der Waals surface area contributed by atoms with Gasteiger partial charge in [0.2, 0.25) is 0 Å². The maximum Gasteiger partial charge on any atom is 0.0713 e. The van der Waals surface area contributed by atoms with Gasteiger partial charge < -0.3 is 9.13 Å². The number of benzene rings is 17. The first-order valence-corrected chi connectivity index (χ1v) is 48.0. The fourth-order valence-electron chi connectivity index (χ4n) is 22.9. The number of para-hydroxylation sites is 2. The number of nitrogens with zero attached hydrogens (tertiary/aromatic N) is 2. The second kappa shape index (κ2) is 33.5. The Bertz CT molecular complexity index is 8310. The lowest BCUT2D eigenvalue weighted by Gasteiger charge is -2.36. The average molecular weight is 1740 g/mol. The Hall–Kier alpha value is -16.3. The van der Waals surface area contributed by atoms with Gasteiger partial charge in [-0.05, 0) is 300 Å². The lowest BCUT2D eigenvalue weighted by Crippen LogP contribution is -2.29. The topological polar surface area (TPSA) is 9.86 Å². The molecule has 0 bridgehead atoms. The van der Waals surface area contributed by atoms with Crippen LogP contribution < -0.4 is 0 Å². The molecule has 2 aromatic heterocycles. The third kappa shape index (κ3) is 14.1. The minimum atomic E-state index is -0.646. The summed E-state index contributed by atoms with van der Waals surface area (Å²) in [5, 5.41) is 4.96. The number of hydrogen-bond donors (Lipinski definition) is 0. The molecule has 0 radical (unpaired) electrons. The standard InChI is InChI=1S/C134H102N2/c1-89-29-13-11-27-79-131(3,4)121-87-109(69-75-111(89)121)135-127-41-25-23-39-117(127)119-81-99(67-77-129(119)135)95-55-47-91(48-56-95)43-45-93-51-59-97(60-52-93)101-63-71-113-115-73-65-103(85-125(115)133(123(113)83-101,105-31-15-7-16-32-105)106-33-17-8-18-34-106)104-66-74-116-114-72-64-102(84-124(114)134(126(116)86-104,107-35-19-9-20-36-107)108-37-21-10-22-38-108)98-61-53-94(54-62-98)46-44-92-49-57-96(58-50-92)100-68-78-130-120(82-100)118-40-24-26-42-128(118)136(130)110-70-76-112-90(2)30-14-12-28-80-132(5,6)122(112)88-110/h7-9,11-21,23-78,81-88H,1-2,10,22,79-80H2,3-6H3/b27-11-,28-12-,29-13-,30-14-,45-43+,46-44+. The fraction of sp³-hybridized carbons (Fsp3) is 0.0896. The predicted molar refractivity (Wildman–Crippen MR) is 578 cm³/mol. The van der Waals surface area contributed by atoms with Crippen LogP contribution in [0.4, 0.5) is 0 Å².